The smallest absolute Gasteiger partial charge is 0.191 e. The first-order chi connectivity index (χ1) is 13.2. The Morgan fingerprint density at radius 1 is 1.15 bits per heavy atom. The van der Waals surface area contributed by atoms with Crippen LogP contribution >= 0.6 is 0 Å². The fourth-order valence-electron chi connectivity index (χ4n) is 3.14. The third-order valence-electron chi connectivity index (χ3n) is 4.41. The number of aromatic nitrogens is 3. The van der Waals surface area contributed by atoms with E-state index in [1.54, 1.807) is 0 Å². The number of para-hydroxylation sites is 1. The molecule has 142 valence electrons. The summed E-state index contributed by atoms with van der Waals surface area (Å²) in [5.74, 6) is 0.832. The van der Waals surface area contributed by atoms with Gasteiger partial charge in [-0.15, -0.1) is 0 Å². The number of hydrogen-bond donors (Lipinski definition) is 2. The van der Waals surface area contributed by atoms with Gasteiger partial charge in [-0.05, 0) is 44.9 Å². The standard InChI is InChI=1S/C21H28N6/c1-4-22-21(24-12-7-13-27-17(3)14-16(2)26-27)25-15-19-9-5-8-18-10-6-11-23-20(18)19/h5-6,8-11,14H,4,7,12-13,15H2,1-3H3,(H2,22,24,25). The van der Waals surface area contributed by atoms with Crippen molar-refractivity contribution < 1.29 is 0 Å². The predicted octanol–water partition coefficient (Wildman–Crippen LogP) is 3.19. The second kappa shape index (κ2) is 9.16. The van der Waals surface area contributed by atoms with Crippen LogP contribution in [0, 0.1) is 13.8 Å². The number of aryl methyl sites for hydroxylation is 3. The molecule has 2 aromatic heterocycles. The van der Waals surface area contributed by atoms with Crippen LogP contribution in [0.5, 0.6) is 0 Å². The van der Waals surface area contributed by atoms with Gasteiger partial charge in [-0.3, -0.25) is 9.67 Å². The Balaban J connectivity index is 1.58. The highest BCUT2D eigenvalue weighted by atomic mass is 15.3. The van der Waals surface area contributed by atoms with Gasteiger partial charge in [-0.1, -0.05) is 24.3 Å². The molecule has 3 aromatic rings. The molecular formula is C21H28N6. The van der Waals surface area contributed by atoms with Crippen LogP contribution in [0.1, 0.15) is 30.3 Å². The molecule has 0 aliphatic carbocycles. The summed E-state index contributed by atoms with van der Waals surface area (Å²) in [6.45, 7) is 9.37. The number of nitrogens with one attached hydrogen (secondary N) is 2. The van der Waals surface area contributed by atoms with E-state index in [0.29, 0.717) is 6.54 Å². The summed E-state index contributed by atoms with van der Waals surface area (Å²) in [5.41, 5.74) is 4.42. The summed E-state index contributed by atoms with van der Waals surface area (Å²) in [4.78, 5) is 9.24. The molecule has 0 spiro atoms. The van der Waals surface area contributed by atoms with E-state index < -0.39 is 0 Å². The van der Waals surface area contributed by atoms with Gasteiger partial charge in [0.25, 0.3) is 0 Å². The molecule has 2 heterocycles. The second-order valence-electron chi connectivity index (χ2n) is 6.62. The van der Waals surface area contributed by atoms with E-state index in [1.807, 2.05) is 19.2 Å². The number of benzene rings is 1. The fourth-order valence-corrected chi connectivity index (χ4v) is 3.14. The number of nitrogens with zero attached hydrogens (tertiary/aromatic N) is 4. The van der Waals surface area contributed by atoms with E-state index in [4.69, 9.17) is 4.99 Å². The number of rotatable bonds is 7. The van der Waals surface area contributed by atoms with Crippen LogP contribution in [-0.4, -0.2) is 33.8 Å². The van der Waals surface area contributed by atoms with Gasteiger partial charge in [0.1, 0.15) is 0 Å². The molecule has 27 heavy (non-hydrogen) atoms. The molecule has 0 unspecified atom stereocenters. The van der Waals surface area contributed by atoms with Gasteiger partial charge in [-0.25, -0.2) is 4.99 Å². The highest BCUT2D eigenvalue weighted by molar-refractivity contribution is 5.83. The molecule has 0 bridgehead atoms. The molecule has 6 nitrogen and oxygen atoms in total. The zero-order chi connectivity index (χ0) is 19.1. The van der Waals surface area contributed by atoms with Crippen molar-refractivity contribution in [1.82, 2.24) is 25.4 Å². The zero-order valence-corrected chi connectivity index (χ0v) is 16.4. The zero-order valence-electron chi connectivity index (χ0n) is 16.4. The van der Waals surface area contributed by atoms with Gasteiger partial charge < -0.3 is 10.6 Å². The fraction of sp³-hybridized carbons (Fsp3) is 0.381. The minimum Gasteiger partial charge on any atom is -0.357 e. The van der Waals surface area contributed by atoms with E-state index >= 15 is 0 Å². The first-order valence-corrected chi connectivity index (χ1v) is 9.53. The van der Waals surface area contributed by atoms with Crippen LogP contribution in [0.25, 0.3) is 10.9 Å². The average Bonchev–Trinajstić information content (AvgIpc) is 3.00. The summed E-state index contributed by atoms with van der Waals surface area (Å²) in [6, 6.07) is 12.4. The lowest BCUT2D eigenvalue weighted by Crippen LogP contribution is -2.38. The number of guanidine groups is 1. The van der Waals surface area contributed by atoms with Gasteiger partial charge in [-0.2, -0.15) is 5.10 Å². The highest BCUT2D eigenvalue weighted by Gasteiger charge is 2.03. The molecule has 0 aliphatic heterocycles. The van der Waals surface area contributed by atoms with Crippen molar-refractivity contribution in [2.45, 2.75) is 40.3 Å². The number of fused-ring (bicyclic) bond motifs is 1. The number of hydrogen-bond acceptors (Lipinski definition) is 3. The lowest BCUT2D eigenvalue weighted by atomic mass is 10.1. The first-order valence-electron chi connectivity index (χ1n) is 9.53. The lowest BCUT2D eigenvalue weighted by molar-refractivity contribution is 0.555. The van der Waals surface area contributed by atoms with Crippen molar-refractivity contribution in [3.63, 3.8) is 0 Å². The third-order valence-corrected chi connectivity index (χ3v) is 4.41. The Labute approximate surface area is 160 Å². The molecule has 1 aromatic carbocycles. The molecule has 0 saturated carbocycles. The quantitative estimate of drug-likeness (QED) is 0.384. The summed E-state index contributed by atoms with van der Waals surface area (Å²) >= 11 is 0. The largest absolute Gasteiger partial charge is 0.357 e. The van der Waals surface area contributed by atoms with Gasteiger partial charge in [0.05, 0.1) is 17.8 Å². The summed E-state index contributed by atoms with van der Waals surface area (Å²) in [6.07, 6.45) is 2.82. The van der Waals surface area contributed by atoms with Crippen molar-refractivity contribution >= 4 is 16.9 Å². The van der Waals surface area contributed by atoms with E-state index in [9.17, 15) is 0 Å². The maximum Gasteiger partial charge on any atom is 0.191 e. The van der Waals surface area contributed by atoms with Gasteiger partial charge in [0.2, 0.25) is 0 Å². The molecule has 0 saturated heterocycles. The van der Waals surface area contributed by atoms with E-state index in [0.717, 1.165) is 54.2 Å². The van der Waals surface area contributed by atoms with Crippen LogP contribution in [0.3, 0.4) is 0 Å². The SMILES string of the molecule is CCNC(=NCc1cccc2cccnc12)NCCCn1nc(C)cc1C. The molecule has 0 amide bonds. The molecule has 2 N–H and O–H groups in total. The van der Waals surface area contributed by atoms with Crippen molar-refractivity contribution in [3.05, 3.63) is 59.5 Å². The molecular weight excluding hydrogens is 336 g/mol. The summed E-state index contributed by atoms with van der Waals surface area (Å²) in [5, 5.41) is 12.4. The predicted molar refractivity (Wildman–Crippen MR) is 111 cm³/mol. The molecule has 0 radical (unpaired) electrons. The van der Waals surface area contributed by atoms with Gasteiger partial charge in [0, 0.05) is 36.9 Å². The van der Waals surface area contributed by atoms with E-state index in [1.165, 1.54) is 5.69 Å². The third kappa shape index (κ3) is 5.06. The van der Waals surface area contributed by atoms with Crippen LogP contribution in [0.2, 0.25) is 0 Å². The molecule has 6 heteroatoms. The van der Waals surface area contributed by atoms with Crippen molar-refractivity contribution in [1.29, 1.82) is 0 Å². The Kier molecular flexibility index (Phi) is 6.41. The summed E-state index contributed by atoms with van der Waals surface area (Å²) < 4.78 is 2.06. The molecule has 0 atom stereocenters. The van der Waals surface area contributed by atoms with Crippen molar-refractivity contribution in [2.24, 2.45) is 4.99 Å². The minimum atomic E-state index is 0.598. The van der Waals surface area contributed by atoms with Gasteiger partial charge in [0.15, 0.2) is 5.96 Å². The molecule has 3 rings (SSSR count). The summed E-state index contributed by atoms with van der Waals surface area (Å²) in [7, 11) is 0. The van der Waals surface area contributed by atoms with Crippen LogP contribution in [0.15, 0.2) is 47.6 Å². The van der Waals surface area contributed by atoms with Crippen molar-refractivity contribution in [2.75, 3.05) is 13.1 Å². The topological polar surface area (TPSA) is 67.1 Å². The van der Waals surface area contributed by atoms with E-state index in [-0.39, 0.29) is 0 Å². The normalized spacial score (nSPS) is 11.7. The molecule has 0 fully saturated rings. The Bertz CT molecular complexity index is 907. The number of aliphatic imine (C=N–C) groups is 1. The van der Waals surface area contributed by atoms with E-state index in [2.05, 4.69) is 69.6 Å². The van der Waals surface area contributed by atoms with Gasteiger partial charge >= 0.3 is 0 Å². The average molecular weight is 364 g/mol. The Morgan fingerprint density at radius 3 is 2.78 bits per heavy atom. The Hall–Kier alpha value is -2.89. The number of pyridine rings is 1. The maximum absolute atomic E-state index is 4.73. The lowest BCUT2D eigenvalue weighted by Gasteiger charge is -2.12. The highest BCUT2D eigenvalue weighted by Crippen LogP contribution is 2.16. The van der Waals surface area contributed by atoms with Crippen LogP contribution in [0.4, 0.5) is 0 Å². The minimum absolute atomic E-state index is 0.598. The van der Waals surface area contributed by atoms with Crippen molar-refractivity contribution in [3.8, 4) is 0 Å². The second-order valence-corrected chi connectivity index (χ2v) is 6.62. The van der Waals surface area contributed by atoms with Crippen LogP contribution in [-0.2, 0) is 13.1 Å². The maximum atomic E-state index is 4.73. The first kappa shape index (κ1) is 18.9. The van der Waals surface area contributed by atoms with Crippen LogP contribution < -0.4 is 10.6 Å². The Morgan fingerprint density at radius 2 is 2.00 bits per heavy atom. The monoisotopic (exact) mass is 364 g/mol. The molecule has 0 aliphatic rings.